The maximum absolute atomic E-state index is 6.29. The van der Waals surface area contributed by atoms with Crippen molar-refractivity contribution in [3.8, 4) is 22.3 Å². The van der Waals surface area contributed by atoms with Crippen LogP contribution in [0.15, 0.2) is 120 Å². The molecular weight excluding hydrogens is 448 g/mol. The first kappa shape index (κ1) is 21.9. The minimum Gasteiger partial charge on any atom is -0.455 e. The molecule has 6 aromatic carbocycles. The monoisotopic (exact) mass is 476 g/mol. The van der Waals surface area contributed by atoms with Crippen molar-refractivity contribution in [2.75, 3.05) is 0 Å². The van der Waals surface area contributed by atoms with Crippen molar-refractivity contribution in [2.24, 2.45) is 0 Å². The van der Waals surface area contributed by atoms with Gasteiger partial charge in [-0.05, 0) is 61.3 Å². The molecule has 1 heterocycles. The number of fused-ring (bicyclic) bond motifs is 6. The largest absolute Gasteiger partial charge is 0.455 e. The van der Waals surface area contributed by atoms with E-state index in [1.807, 2.05) is 12.1 Å². The zero-order valence-corrected chi connectivity index (χ0v) is 21.4. The summed E-state index contributed by atoms with van der Waals surface area (Å²) in [4.78, 5) is 0. The van der Waals surface area contributed by atoms with Crippen LogP contribution in [0, 0.1) is 0 Å². The van der Waals surface area contributed by atoms with Crippen LogP contribution in [0.25, 0.3) is 65.7 Å². The lowest BCUT2D eigenvalue weighted by Crippen LogP contribution is -2.10. The summed E-state index contributed by atoms with van der Waals surface area (Å²) >= 11 is 0. The number of hydrogen-bond acceptors (Lipinski definition) is 1. The van der Waals surface area contributed by atoms with Gasteiger partial charge in [0.05, 0.1) is 0 Å². The van der Waals surface area contributed by atoms with E-state index in [0.717, 1.165) is 33.1 Å². The Morgan fingerprint density at radius 3 is 1.89 bits per heavy atom. The van der Waals surface area contributed by atoms with Gasteiger partial charge in [-0.3, -0.25) is 0 Å². The second-order valence-electron chi connectivity index (χ2n) is 11.0. The zero-order valence-electron chi connectivity index (χ0n) is 21.4. The lowest BCUT2D eigenvalue weighted by Gasteiger charge is -2.20. The maximum atomic E-state index is 6.29. The highest BCUT2D eigenvalue weighted by Crippen LogP contribution is 2.39. The smallest absolute Gasteiger partial charge is 0.143 e. The number of benzene rings is 6. The van der Waals surface area contributed by atoms with E-state index in [1.54, 1.807) is 0 Å². The number of furan rings is 1. The van der Waals surface area contributed by atoms with E-state index < -0.39 is 0 Å². The molecule has 1 heteroatoms. The van der Waals surface area contributed by atoms with Crippen LogP contribution in [0.5, 0.6) is 0 Å². The first-order valence-corrected chi connectivity index (χ1v) is 12.9. The van der Waals surface area contributed by atoms with Gasteiger partial charge in [0.2, 0.25) is 0 Å². The molecule has 0 radical (unpaired) electrons. The Balaban J connectivity index is 1.38. The van der Waals surface area contributed by atoms with Crippen molar-refractivity contribution in [1.29, 1.82) is 0 Å². The van der Waals surface area contributed by atoms with Crippen molar-refractivity contribution in [3.05, 3.63) is 121 Å². The standard InChI is InChI=1S/C36H28O/c1-36(2,3)26-20-19-25-21-32(28-9-4-5-10-29(28)33(25)22-26)24-17-15-23(16-18-24)27-12-8-13-31-30-11-6-7-14-34(30)37-35(27)31/h4-22H,1-3H3. The quantitative estimate of drug-likeness (QED) is 0.226. The third kappa shape index (κ3) is 3.54. The van der Waals surface area contributed by atoms with Gasteiger partial charge < -0.3 is 4.42 Å². The summed E-state index contributed by atoms with van der Waals surface area (Å²) in [7, 11) is 0. The van der Waals surface area contributed by atoms with Crippen LogP contribution in [0.2, 0.25) is 0 Å². The summed E-state index contributed by atoms with van der Waals surface area (Å²) in [6.07, 6.45) is 0. The minimum atomic E-state index is 0.118. The molecule has 0 bridgehead atoms. The molecule has 0 aliphatic heterocycles. The lowest BCUT2D eigenvalue weighted by molar-refractivity contribution is 0.591. The van der Waals surface area contributed by atoms with Crippen LogP contribution in [0.1, 0.15) is 26.3 Å². The summed E-state index contributed by atoms with van der Waals surface area (Å²) in [5.41, 5.74) is 8.13. The van der Waals surface area contributed by atoms with Crippen molar-refractivity contribution in [2.45, 2.75) is 26.2 Å². The molecule has 0 saturated carbocycles. The molecule has 0 aliphatic rings. The molecule has 7 aromatic rings. The second-order valence-corrected chi connectivity index (χ2v) is 11.0. The van der Waals surface area contributed by atoms with Crippen LogP contribution >= 0.6 is 0 Å². The molecule has 0 aliphatic carbocycles. The van der Waals surface area contributed by atoms with Gasteiger partial charge in [-0.25, -0.2) is 0 Å². The predicted molar refractivity (Wildman–Crippen MR) is 158 cm³/mol. The van der Waals surface area contributed by atoms with Crippen molar-refractivity contribution in [1.82, 2.24) is 0 Å². The zero-order chi connectivity index (χ0) is 25.1. The molecule has 178 valence electrons. The average molecular weight is 477 g/mol. The summed E-state index contributed by atoms with van der Waals surface area (Å²) in [5.74, 6) is 0. The Hall–Kier alpha value is -4.36. The van der Waals surface area contributed by atoms with Crippen molar-refractivity contribution >= 4 is 43.5 Å². The molecule has 37 heavy (non-hydrogen) atoms. The molecule has 1 aromatic heterocycles. The van der Waals surface area contributed by atoms with Gasteiger partial charge in [0.15, 0.2) is 0 Å². The van der Waals surface area contributed by atoms with Gasteiger partial charge in [0.25, 0.3) is 0 Å². The molecule has 1 nitrogen and oxygen atoms in total. The normalized spacial score (nSPS) is 12.2. The van der Waals surface area contributed by atoms with E-state index in [-0.39, 0.29) is 5.41 Å². The summed E-state index contributed by atoms with van der Waals surface area (Å²) in [6, 6.07) is 41.7. The Morgan fingerprint density at radius 2 is 1.14 bits per heavy atom. The Kier molecular flexibility index (Phi) is 4.78. The minimum absolute atomic E-state index is 0.118. The highest BCUT2D eigenvalue weighted by atomic mass is 16.3. The fourth-order valence-corrected chi connectivity index (χ4v) is 5.61. The Bertz CT molecular complexity index is 1950. The fraction of sp³-hybridized carbons (Fsp3) is 0.111. The highest BCUT2D eigenvalue weighted by molar-refractivity contribution is 6.14. The first-order chi connectivity index (χ1) is 18.0. The van der Waals surface area contributed by atoms with E-state index in [9.17, 15) is 0 Å². The van der Waals surface area contributed by atoms with E-state index in [0.29, 0.717) is 0 Å². The van der Waals surface area contributed by atoms with Crippen LogP contribution in [0.3, 0.4) is 0 Å². The molecular formula is C36H28O. The molecule has 0 fully saturated rings. The van der Waals surface area contributed by atoms with Gasteiger partial charge in [-0.1, -0.05) is 124 Å². The van der Waals surface area contributed by atoms with Gasteiger partial charge in [0, 0.05) is 16.3 Å². The molecule has 0 saturated heterocycles. The Labute approximate surface area is 217 Å². The van der Waals surface area contributed by atoms with E-state index >= 15 is 0 Å². The predicted octanol–water partition coefficient (Wildman–Crippen LogP) is 10.5. The second kappa shape index (κ2) is 8.08. The van der Waals surface area contributed by atoms with Crippen LogP contribution in [-0.4, -0.2) is 0 Å². The van der Waals surface area contributed by atoms with E-state index in [1.165, 1.54) is 38.2 Å². The molecule has 0 spiro atoms. The van der Waals surface area contributed by atoms with E-state index in [4.69, 9.17) is 4.42 Å². The summed E-state index contributed by atoms with van der Waals surface area (Å²) in [5, 5.41) is 7.50. The van der Waals surface area contributed by atoms with E-state index in [2.05, 4.69) is 124 Å². The van der Waals surface area contributed by atoms with Gasteiger partial charge >= 0.3 is 0 Å². The van der Waals surface area contributed by atoms with Crippen LogP contribution in [0.4, 0.5) is 0 Å². The molecule has 0 N–H and O–H groups in total. The topological polar surface area (TPSA) is 13.1 Å². The third-order valence-corrected chi connectivity index (χ3v) is 7.64. The third-order valence-electron chi connectivity index (χ3n) is 7.64. The molecule has 0 amide bonds. The molecule has 7 rings (SSSR count). The number of hydrogen-bond donors (Lipinski definition) is 0. The SMILES string of the molecule is CC(C)(C)c1ccc2cc(-c3ccc(-c4cccc5c4oc4ccccc45)cc3)c3ccccc3c2c1. The lowest BCUT2D eigenvalue weighted by atomic mass is 9.84. The van der Waals surface area contributed by atoms with Gasteiger partial charge in [0.1, 0.15) is 11.2 Å². The first-order valence-electron chi connectivity index (χ1n) is 12.9. The fourth-order valence-electron chi connectivity index (χ4n) is 5.61. The highest BCUT2D eigenvalue weighted by Gasteiger charge is 2.16. The summed E-state index contributed by atoms with van der Waals surface area (Å²) in [6.45, 7) is 6.83. The Morgan fingerprint density at radius 1 is 0.486 bits per heavy atom. The molecule has 0 atom stereocenters. The maximum Gasteiger partial charge on any atom is 0.143 e. The van der Waals surface area contributed by atoms with Crippen LogP contribution < -0.4 is 0 Å². The number of rotatable bonds is 2. The van der Waals surface area contributed by atoms with Crippen LogP contribution in [-0.2, 0) is 5.41 Å². The van der Waals surface area contributed by atoms with Crippen molar-refractivity contribution in [3.63, 3.8) is 0 Å². The summed E-state index contributed by atoms with van der Waals surface area (Å²) < 4.78 is 6.29. The van der Waals surface area contributed by atoms with Gasteiger partial charge in [-0.15, -0.1) is 0 Å². The molecule has 0 unspecified atom stereocenters. The van der Waals surface area contributed by atoms with Crippen molar-refractivity contribution < 1.29 is 4.42 Å². The van der Waals surface area contributed by atoms with Gasteiger partial charge in [-0.2, -0.15) is 0 Å². The number of para-hydroxylation sites is 2. The average Bonchev–Trinajstić information content (AvgIpc) is 3.31.